The lowest BCUT2D eigenvalue weighted by Crippen LogP contribution is -2.33. The maximum Gasteiger partial charge on any atom is 0.220 e. The number of nitrogens with one attached hydrogen (secondary N) is 3. The zero-order chi connectivity index (χ0) is 27.8. The molecular weight excluding hydrogens is 456 g/mol. The number of allylic oxidation sites excluding steroid dienone is 2. The fourth-order valence-electron chi connectivity index (χ4n) is 5.23. The first kappa shape index (κ1) is 33.1. The topological polar surface area (TPSA) is 81.6 Å². The van der Waals surface area contributed by atoms with Crippen molar-refractivity contribution in [1.82, 2.24) is 15.3 Å². The Labute approximate surface area is 228 Å². The molecule has 1 aliphatic carbocycles. The standard InChI is InChI=1S/C13H24N2.C13H23N.C6H11NO/c1-5-10(2)7-6-8-11(3)13-9-14-12(4)15-13;1-4-10(2)13(11(3)14)12-8-6-5-7-9-12;1-5-2-3-6(8)7-4-5/h9-11H,5-8H2,1-4H3,(H,14,15);12,14H,4-9H2,1-3H3;5H,2-4H2,1H3,(H,7,8). The van der Waals surface area contributed by atoms with E-state index in [1.807, 2.05) is 20.0 Å². The number of aromatic amines is 1. The molecule has 1 amide bonds. The zero-order valence-electron chi connectivity index (χ0n) is 25.4. The fraction of sp³-hybridized carbons (Fsp3) is 0.781. The van der Waals surface area contributed by atoms with Crippen LogP contribution in [0.15, 0.2) is 17.3 Å². The van der Waals surface area contributed by atoms with Crippen LogP contribution in [0.4, 0.5) is 0 Å². The van der Waals surface area contributed by atoms with Crippen LogP contribution in [0.3, 0.4) is 0 Å². The van der Waals surface area contributed by atoms with E-state index in [0.29, 0.717) is 17.8 Å². The third-order valence-electron chi connectivity index (χ3n) is 8.20. The van der Waals surface area contributed by atoms with Gasteiger partial charge in [-0.15, -0.1) is 0 Å². The summed E-state index contributed by atoms with van der Waals surface area (Å²) in [5.41, 5.74) is 4.89. The minimum absolute atomic E-state index is 0.211. The van der Waals surface area contributed by atoms with E-state index in [1.54, 1.807) is 0 Å². The third kappa shape index (κ3) is 13.4. The number of rotatable bonds is 9. The molecule has 0 radical (unpaired) electrons. The quantitative estimate of drug-likeness (QED) is 0.287. The van der Waals surface area contributed by atoms with Crippen LogP contribution in [0.1, 0.15) is 143 Å². The average Bonchev–Trinajstić information content (AvgIpc) is 3.33. The van der Waals surface area contributed by atoms with Gasteiger partial charge in [0.2, 0.25) is 5.91 Å². The molecule has 5 heteroatoms. The highest BCUT2D eigenvalue weighted by atomic mass is 16.1. The lowest BCUT2D eigenvalue weighted by molar-refractivity contribution is -0.122. The molecule has 3 unspecified atom stereocenters. The summed E-state index contributed by atoms with van der Waals surface area (Å²) >= 11 is 0. The summed E-state index contributed by atoms with van der Waals surface area (Å²) in [6.45, 7) is 18.3. The van der Waals surface area contributed by atoms with Crippen molar-refractivity contribution in [2.24, 2.45) is 17.8 Å². The van der Waals surface area contributed by atoms with Gasteiger partial charge in [-0.2, -0.15) is 0 Å². The Bertz CT molecular complexity index is 809. The van der Waals surface area contributed by atoms with Crippen molar-refractivity contribution in [2.45, 2.75) is 138 Å². The number of nitrogens with zero attached hydrogens (tertiary/aromatic N) is 1. The fourth-order valence-corrected chi connectivity index (χ4v) is 5.23. The highest BCUT2D eigenvalue weighted by Gasteiger charge is 2.20. The lowest BCUT2D eigenvalue weighted by atomic mass is 9.80. The Kier molecular flexibility index (Phi) is 16.4. The van der Waals surface area contributed by atoms with Crippen LogP contribution in [-0.2, 0) is 4.79 Å². The van der Waals surface area contributed by atoms with Crippen LogP contribution >= 0.6 is 0 Å². The van der Waals surface area contributed by atoms with Gasteiger partial charge >= 0.3 is 0 Å². The molecule has 2 fully saturated rings. The number of carbonyl (C=O) groups excluding carboxylic acids is 1. The van der Waals surface area contributed by atoms with E-state index in [9.17, 15) is 4.79 Å². The summed E-state index contributed by atoms with van der Waals surface area (Å²) in [7, 11) is 0. The monoisotopic (exact) mass is 514 g/mol. The van der Waals surface area contributed by atoms with Gasteiger partial charge in [0.15, 0.2) is 0 Å². The molecule has 3 atom stereocenters. The lowest BCUT2D eigenvalue weighted by Gasteiger charge is -2.26. The summed E-state index contributed by atoms with van der Waals surface area (Å²) in [5, 5.41) is 10.7. The molecule has 2 aliphatic rings. The van der Waals surface area contributed by atoms with Crippen LogP contribution in [0.2, 0.25) is 0 Å². The average molecular weight is 515 g/mol. The molecule has 1 saturated carbocycles. The Morgan fingerprint density at radius 1 is 1.11 bits per heavy atom. The number of piperidine rings is 1. The van der Waals surface area contributed by atoms with Gasteiger partial charge in [0.1, 0.15) is 5.82 Å². The highest BCUT2D eigenvalue weighted by molar-refractivity contribution is 5.96. The highest BCUT2D eigenvalue weighted by Crippen LogP contribution is 2.32. The Morgan fingerprint density at radius 2 is 1.78 bits per heavy atom. The molecule has 5 nitrogen and oxygen atoms in total. The third-order valence-corrected chi connectivity index (χ3v) is 8.20. The Morgan fingerprint density at radius 3 is 2.24 bits per heavy atom. The van der Waals surface area contributed by atoms with Crippen molar-refractivity contribution in [3.8, 4) is 0 Å². The summed E-state index contributed by atoms with van der Waals surface area (Å²) in [6, 6.07) is 0. The number of hydrogen-bond acceptors (Lipinski definition) is 3. The predicted molar refractivity (Wildman–Crippen MR) is 159 cm³/mol. The zero-order valence-corrected chi connectivity index (χ0v) is 25.4. The number of H-pyrrole nitrogens is 1. The molecule has 1 aromatic rings. The SMILES string of the molecule is CC1CCC(=O)NC1.CCC(C)=C(C(C)=N)C1CCCCC1.CCC(C)CCCC(C)c1cnc(C)[nH]1. The molecule has 3 rings (SSSR count). The molecule has 1 aromatic heterocycles. The van der Waals surface area contributed by atoms with Crippen molar-refractivity contribution in [2.75, 3.05) is 6.54 Å². The van der Waals surface area contributed by atoms with E-state index in [0.717, 1.165) is 43.3 Å². The number of carbonyl (C=O) groups is 1. The number of amides is 1. The second-order valence-electron chi connectivity index (χ2n) is 11.7. The molecule has 1 aliphatic heterocycles. The van der Waals surface area contributed by atoms with Gasteiger partial charge in [0, 0.05) is 30.6 Å². The number of aromatic nitrogens is 2. The summed E-state index contributed by atoms with van der Waals surface area (Å²) in [5.74, 6) is 4.12. The van der Waals surface area contributed by atoms with Crippen LogP contribution in [0.25, 0.3) is 0 Å². The summed E-state index contributed by atoms with van der Waals surface area (Å²) < 4.78 is 0. The molecule has 2 heterocycles. The maximum absolute atomic E-state index is 10.5. The molecule has 37 heavy (non-hydrogen) atoms. The first-order valence-electron chi connectivity index (χ1n) is 15.1. The Balaban J connectivity index is 0.000000290. The minimum Gasteiger partial charge on any atom is -0.356 e. The summed E-state index contributed by atoms with van der Waals surface area (Å²) in [6.07, 6.45) is 16.8. The smallest absolute Gasteiger partial charge is 0.220 e. The van der Waals surface area contributed by atoms with Gasteiger partial charge in [-0.05, 0) is 82.1 Å². The van der Waals surface area contributed by atoms with Gasteiger partial charge in [-0.1, -0.05) is 78.7 Å². The minimum atomic E-state index is 0.211. The van der Waals surface area contributed by atoms with Crippen LogP contribution in [-0.4, -0.2) is 28.1 Å². The molecule has 212 valence electrons. The van der Waals surface area contributed by atoms with E-state index >= 15 is 0 Å². The first-order chi connectivity index (χ1) is 17.6. The van der Waals surface area contributed by atoms with Gasteiger partial charge in [-0.25, -0.2) is 4.98 Å². The summed E-state index contributed by atoms with van der Waals surface area (Å²) in [4.78, 5) is 18.1. The molecule has 0 spiro atoms. The van der Waals surface area contributed by atoms with Crippen molar-refractivity contribution < 1.29 is 4.79 Å². The number of aryl methyl sites for hydroxylation is 1. The van der Waals surface area contributed by atoms with Gasteiger partial charge in [0.05, 0.1) is 0 Å². The van der Waals surface area contributed by atoms with Gasteiger partial charge in [-0.3, -0.25) is 4.79 Å². The molecule has 1 saturated heterocycles. The molecule has 0 bridgehead atoms. The van der Waals surface area contributed by atoms with Crippen LogP contribution in [0.5, 0.6) is 0 Å². The van der Waals surface area contributed by atoms with Crippen molar-refractivity contribution in [1.29, 1.82) is 5.41 Å². The second-order valence-corrected chi connectivity index (χ2v) is 11.7. The predicted octanol–water partition coefficient (Wildman–Crippen LogP) is 8.90. The van der Waals surface area contributed by atoms with E-state index < -0.39 is 0 Å². The van der Waals surface area contributed by atoms with Gasteiger partial charge in [0.25, 0.3) is 0 Å². The molecule has 3 N–H and O–H groups in total. The number of imidazole rings is 1. The molecule has 0 aromatic carbocycles. The Hall–Kier alpha value is -1.91. The van der Waals surface area contributed by atoms with Crippen molar-refractivity contribution in [3.63, 3.8) is 0 Å². The van der Waals surface area contributed by atoms with Crippen LogP contribution < -0.4 is 5.32 Å². The van der Waals surface area contributed by atoms with E-state index in [-0.39, 0.29) is 5.91 Å². The maximum atomic E-state index is 10.5. The van der Waals surface area contributed by atoms with E-state index in [4.69, 9.17) is 5.41 Å². The van der Waals surface area contributed by atoms with Crippen molar-refractivity contribution >= 4 is 11.6 Å². The normalized spacial score (nSPS) is 20.3. The van der Waals surface area contributed by atoms with Crippen LogP contribution in [0, 0.1) is 30.1 Å². The second kappa shape index (κ2) is 18.4. The molecular formula is C32H58N4O. The van der Waals surface area contributed by atoms with Crippen molar-refractivity contribution in [3.05, 3.63) is 28.9 Å². The van der Waals surface area contributed by atoms with Gasteiger partial charge < -0.3 is 15.7 Å². The largest absolute Gasteiger partial charge is 0.356 e. The first-order valence-corrected chi connectivity index (χ1v) is 15.1. The number of hydrogen-bond donors (Lipinski definition) is 3. The van der Waals surface area contributed by atoms with E-state index in [2.05, 4.69) is 56.8 Å². The van der Waals surface area contributed by atoms with E-state index in [1.165, 1.54) is 74.6 Å².